The van der Waals surface area contributed by atoms with Crippen molar-refractivity contribution in [2.75, 3.05) is 19.6 Å². The van der Waals surface area contributed by atoms with E-state index in [1.807, 2.05) is 18.7 Å². The number of hydrogen-bond acceptors (Lipinski definition) is 4. The van der Waals surface area contributed by atoms with Gasteiger partial charge in [0, 0.05) is 49.6 Å². The number of benzene rings is 1. The van der Waals surface area contributed by atoms with Gasteiger partial charge < -0.3 is 9.47 Å². The van der Waals surface area contributed by atoms with Crippen molar-refractivity contribution in [2.24, 2.45) is 5.92 Å². The molecule has 1 unspecified atom stereocenters. The lowest BCUT2D eigenvalue weighted by molar-refractivity contribution is -0.136. The molecule has 2 aliphatic heterocycles. The van der Waals surface area contributed by atoms with Crippen LogP contribution in [-0.4, -0.2) is 50.1 Å². The first-order valence-corrected chi connectivity index (χ1v) is 9.79. The Kier molecular flexibility index (Phi) is 5.14. The zero-order valence-corrected chi connectivity index (χ0v) is 16.2. The van der Waals surface area contributed by atoms with Crippen LogP contribution in [0.3, 0.4) is 0 Å². The lowest BCUT2D eigenvalue weighted by Gasteiger charge is -2.29. The Bertz CT molecular complexity index is 881. The minimum Gasteiger partial charge on any atom is -0.333 e. The SMILES string of the molecule is CC(C)C(=O)N1CCn2c(nnc2C2CCN(Cc3ccc(F)cc3F)C2)C1. The predicted octanol–water partition coefficient (Wildman–Crippen LogP) is 2.54. The summed E-state index contributed by atoms with van der Waals surface area (Å²) >= 11 is 0. The molecule has 0 radical (unpaired) electrons. The standard InChI is InChI=1S/C20H25F2N5O/c1-13(2)20(28)26-7-8-27-18(12-26)23-24-19(27)15-5-6-25(11-15)10-14-3-4-16(21)9-17(14)22/h3-4,9,13,15H,5-8,10-12H2,1-2H3. The Labute approximate surface area is 163 Å². The van der Waals surface area contributed by atoms with Crippen molar-refractivity contribution in [3.63, 3.8) is 0 Å². The third kappa shape index (κ3) is 3.65. The third-order valence-electron chi connectivity index (χ3n) is 5.63. The van der Waals surface area contributed by atoms with Gasteiger partial charge in [0.2, 0.25) is 5.91 Å². The van der Waals surface area contributed by atoms with Gasteiger partial charge in [0.25, 0.3) is 0 Å². The summed E-state index contributed by atoms with van der Waals surface area (Å²) in [6, 6.07) is 3.74. The van der Waals surface area contributed by atoms with Crippen LogP contribution in [0.5, 0.6) is 0 Å². The molecule has 2 aromatic rings. The van der Waals surface area contributed by atoms with Crippen LogP contribution in [-0.2, 0) is 24.4 Å². The molecule has 6 nitrogen and oxygen atoms in total. The molecule has 2 aliphatic rings. The topological polar surface area (TPSA) is 54.3 Å². The van der Waals surface area contributed by atoms with Crippen molar-refractivity contribution in [1.29, 1.82) is 0 Å². The highest BCUT2D eigenvalue weighted by Crippen LogP contribution is 2.29. The number of carbonyl (C=O) groups is 1. The third-order valence-corrected chi connectivity index (χ3v) is 5.63. The van der Waals surface area contributed by atoms with E-state index in [1.165, 1.54) is 12.1 Å². The highest BCUT2D eigenvalue weighted by molar-refractivity contribution is 5.78. The van der Waals surface area contributed by atoms with Gasteiger partial charge in [0.15, 0.2) is 5.82 Å². The van der Waals surface area contributed by atoms with Gasteiger partial charge in [-0.3, -0.25) is 9.69 Å². The normalized spacial score (nSPS) is 20.0. The fraction of sp³-hybridized carbons (Fsp3) is 0.550. The Morgan fingerprint density at radius 1 is 1.21 bits per heavy atom. The van der Waals surface area contributed by atoms with Crippen LogP contribution in [0.2, 0.25) is 0 Å². The fourth-order valence-corrected chi connectivity index (χ4v) is 4.11. The Hall–Kier alpha value is -2.35. The lowest BCUT2D eigenvalue weighted by Crippen LogP contribution is -2.41. The summed E-state index contributed by atoms with van der Waals surface area (Å²) in [5.41, 5.74) is 0.508. The molecule has 28 heavy (non-hydrogen) atoms. The Morgan fingerprint density at radius 3 is 2.79 bits per heavy atom. The number of carbonyl (C=O) groups excluding carboxylic acids is 1. The average molecular weight is 389 g/mol. The van der Waals surface area contributed by atoms with Crippen molar-refractivity contribution in [3.8, 4) is 0 Å². The van der Waals surface area contributed by atoms with Crippen LogP contribution >= 0.6 is 0 Å². The van der Waals surface area contributed by atoms with Crippen LogP contribution in [0.25, 0.3) is 0 Å². The number of halogens is 2. The van der Waals surface area contributed by atoms with Crippen LogP contribution in [0, 0.1) is 17.6 Å². The van der Waals surface area contributed by atoms with E-state index < -0.39 is 11.6 Å². The Balaban J connectivity index is 1.42. The van der Waals surface area contributed by atoms with Gasteiger partial charge in [-0.2, -0.15) is 0 Å². The fourth-order valence-electron chi connectivity index (χ4n) is 4.11. The van der Waals surface area contributed by atoms with Gasteiger partial charge in [-0.25, -0.2) is 8.78 Å². The molecule has 8 heteroatoms. The van der Waals surface area contributed by atoms with Crippen LogP contribution in [0.4, 0.5) is 8.78 Å². The second kappa shape index (κ2) is 7.58. The molecule has 1 amide bonds. The molecule has 4 rings (SSSR count). The van der Waals surface area contributed by atoms with Gasteiger partial charge in [0.1, 0.15) is 17.5 Å². The molecule has 1 aromatic heterocycles. The van der Waals surface area contributed by atoms with Crippen LogP contribution in [0.15, 0.2) is 18.2 Å². The molecule has 0 N–H and O–H groups in total. The second-order valence-electron chi connectivity index (χ2n) is 8.00. The minimum atomic E-state index is -0.555. The molecule has 0 saturated carbocycles. The number of rotatable bonds is 4. The van der Waals surface area contributed by atoms with Gasteiger partial charge in [-0.1, -0.05) is 19.9 Å². The van der Waals surface area contributed by atoms with E-state index in [4.69, 9.17) is 0 Å². The highest BCUT2D eigenvalue weighted by atomic mass is 19.1. The van der Waals surface area contributed by atoms with Gasteiger partial charge in [0.05, 0.1) is 6.54 Å². The summed E-state index contributed by atoms with van der Waals surface area (Å²) in [6.07, 6.45) is 0.926. The van der Waals surface area contributed by atoms with Crippen LogP contribution < -0.4 is 0 Å². The summed E-state index contributed by atoms with van der Waals surface area (Å²) < 4.78 is 29.2. The number of hydrogen-bond donors (Lipinski definition) is 0. The maximum Gasteiger partial charge on any atom is 0.225 e. The van der Waals surface area contributed by atoms with Crippen molar-refractivity contribution in [3.05, 3.63) is 47.0 Å². The molecular formula is C20H25F2N5O. The van der Waals surface area contributed by atoms with Gasteiger partial charge in [-0.15, -0.1) is 10.2 Å². The summed E-state index contributed by atoms with van der Waals surface area (Å²) in [5.74, 6) is 1.08. The van der Waals surface area contributed by atoms with Crippen molar-refractivity contribution in [1.82, 2.24) is 24.6 Å². The van der Waals surface area contributed by atoms with E-state index in [9.17, 15) is 13.6 Å². The quantitative estimate of drug-likeness (QED) is 0.807. The summed E-state index contributed by atoms with van der Waals surface area (Å²) in [6.45, 7) is 7.76. The van der Waals surface area contributed by atoms with Crippen molar-refractivity contribution >= 4 is 5.91 Å². The van der Waals surface area contributed by atoms with E-state index in [0.29, 0.717) is 31.7 Å². The van der Waals surface area contributed by atoms with Crippen molar-refractivity contribution in [2.45, 2.75) is 45.8 Å². The van der Waals surface area contributed by atoms with Gasteiger partial charge in [-0.05, 0) is 19.0 Å². The monoisotopic (exact) mass is 389 g/mol. The molecule has 1 saturated heterocycles. The van der Waals surface area contributed by atoms with E-state index in [1.54, 1.807) is 0 Å². The number of aromatic nitrogens is 3. The smallest absolute Gasteiger partial charge is 0.225 e. The molecule has 0 aliphatic carbocycles. The predicted molar refractivity (Wildman–Crippen MR) is 99.3 cm³/mol. The molecule has 1 fully saturated rings. The number of nitrogens with zero attached hydrogens (tertiary/aromatic N) is 5. The summed E-state index contributed by atoms with van der Waals surface area (Å²) in [5, 5.41) is 8.74. The number of amides is 1. The Morgan fingerprint density at radius 2 is 2.04 bits per heavy atom. The maximum atomic E-state index is 13.9. The summed E-state index contributed by atoms with van der Waals surface area (Å²) in [4.78, 5) is 16.3. The number of likely N-dealkylation sites (tertiary alicyclic amines) is 1. The minimum absolute atomic E-state index is 0.0239. The highest BCUT2D eigenvalue weighted by Gasteiger charge is 2.32. The summed E-state index contributed by atoms with van der Waals surface area (Å²) in [7, 11) is 0. The molecule has 1 aromatic carbocycles. The van der Waals surface area contributed by atoms with E-state index >= 15 is 0 Å². The zero-order chi connectivity index (χ0) is 19.8. The zero-order valence-electron chi connectivity index (χ0n) is 16.2. The van der Waals surface area contributed by atoms with E-state index in [2.05, 4.69) is 19.7 Å². The molecule has 150 valence electrons. The second-order valence-corrected chi connectivity index (χ2v) is 8.00. The average Bonchev–Trinajstić information content (AvgIpc) is 3.29. The van der Waals surface area contributed by atoms with Crippen molar-refractivity contribution < 1.29 is 13.6 Å². The lowest BCUT2D eigenvalue weighted by atomic mass is 10.1. The van der Waals surface area contributed by atoms with Crippen LogP contribution in [0.1, 0.15) is 43.4 Å². The molecule has 1 atom stereocenters. The number of fused-ring (bicyclic) bond motifs is 1. The largest absolute Gasteiger partial charge is 0.333 e. The first-order chi connectivity index (χ1) is 13.4. The first kappa shape index (κ1) is 19.0. The first-order valence-electron chi connectivity index (χ1n) is 9.79. The molecule has 3 heterocycles. The van der Waals surface area contributed by atoms with E-state index in [0.717, 1.165) is 37.2 Å². The molecular weight excluding hydrogens is 364 g/mol. The maximum absolute atomic E-state index is 13.9. The molecule has 0 bridgehead atoms. The van der Waals surface area contributed by atoms with E-state index in [-0.39, 0.29) is 17.7 Å². The molecule has 0 spiro atoms. The van der Waals surface area contributed by atoms with Gasteiger partial charge >= 0.3 is 0 Å².